The fourth-order valence-corrected chi connectivity index (χ4v) is 1.25. The van der Waals surface area contributed by atoms with Crippen LogP contribution in [0.4, 0.5) is 0 Å². The van der Waals surface area contributed by atoms with Crippen LogP contribution in [-0.2, 0) is 13.6 Å². The molecular formula is C10H18N2O. The Hall–Kier alpha value is -0.800. The van der Waals surface area contributed by atoms with Crippen LogP contribution in [0.2, 0.25) is 0 Å². The maximum Gasteiger partial charge on any atom is 0.0445 e. The van der Waals surface area contributed by atoms with Crippen molar-refractivity contribution >= 4 is 0 Å². The van der Waals surface area contributed by atoms with Gasteiger partial charge in [0.15, 0.2) is 0 Å². The second kappa shape index (κ2) is 5.04. The van der Waals surface area contributed by atoms with E-state index < -0.39 is 0 Å². The summed E-state index contributed by atoms with van der Waals surface area (Å²) < 4.78 is 2.10. The van der Waals surface area contributed by atoms with Gasteiger partial charge >= 0.3 is 0 Å². The minimum Gasteiger partial charge on any atom is -0.396 e. The number of aromatic nitrogens is 1. The molecule has 3 nitrogen and oxygen atoms in total. The zero-order chi connectivity index (χ0) is 9.68. The molecule has 1 rings (SSSR count). The van der Waals surface area contributed by atoms with Crippen LogP contribution in [-0.4, -0.2) is 22.3 Å². The lowest BCUT2D eigenvalue weighted by Crippen LogP contribution is -2.27. The van der Waals surface area contributed by atoms with Gasteiger partial charge in [-0.3, -0.25) is 0 Å². The summed E-state index contributed by atoms with van der Waals surface area (Å²) in [5.41, 5.74) is 1.27. The lowest BCUT2D eigenvalue weighted by molar-refractivity contribution is 0.268. The van der Waals surface area contributed by atoms with Crippen molar-refractivity contribution in [2.75, 3.05) is 6.61 Å². The van der Waals surface area contributed by atoms with Gasteiger partial charge in [0, 0.05) is 38.1 Å². The first kappa shape index (κ1) is 10.3. The Labute approximate surface area is 79.4 Å². The molecular weight excluding hydrogens is 164 g/mol. The fraction of sp³-hybridized carbons (Fsp3) is 0.600. The van der Waals surface area contributed by atoms with Gasteiger partial charge in [0.05, 0.1) is 0 Å². The molecule has 1 aromatic rings. The summed E-state index contributed by atoms with van der Waals surface area (Å²) in [5, 5.41) is 12.0. The second-order valence-corrected chi connectivity index (χ2v) is 3.40. The van der Waals surface area contributed by atoms with E-state index in [9.17, 15) is 0 Å². The highest BCUT2D eigenvalue weighted by molar-refractivity contribution is 5.06. The molecule has 0 aliphatic rings. The van der Waals surface area contributed by atoms with E-state index in [0.29, 0.717) is 6.04 Å². The number of hydrogen-bond donors (Lipinski definition) is 2. The van der Waals surface area contributed by atoms with Crippen molar-refractivity contribution in [3.8, 4) is 0 Å². The Bertz CT molecular complexity index is 245. The van der Waals surface area contributed by atoms with E-state index in [2.05, 4.69) is 22.9 Å². The van der Waals surface area contributed by atoms with Crippen molar-refractivity contribution in [3.05, 3.63) is 24.0 Å². The van der Waals surface area contributed by atoms with E-state index in [1.54, 1.807) is 0 Å². The molecule has 0 bridgehead atoms. The van der Waals surface area contributed by atoms with Gasteiger partial charge in [0.2, 0.25) is 0 Å². The van der Waals surface area contributed by atoms with E-state index in [4.69, 9.17) is 5.11 Å². The van der Waals surface area contributed by atoms with Crippen molar-refractivity contribution in [2.24, 2.45) is 7.05 Å². The zero-order valence-corrected chi connectivity index (χ0v) is 8.33. The van der Waals surface area contributed by atoms with Crippen LogP contribution in [0, 0.1) is 0 Å². The topological polar surface area (TPSA) is 37.2 Å². The van der Waals surface area contributed by atoms with Crippen molar-refractivity contribution in [3.63, 3.8) is 0 Å². The van der Waals surface area contributed by atoms with Crippen molar-refractivity contribution < 1.29 is 5.11 Å². The molecule has 0 aliphatic carbocycles. The van der Waals surface area contributed by atoms with E-state index in [-0.39, 0.29) is 6.61 Å². The van der Waals surface area contributed by atoms with Crippen LogP contribution < -0.4 is 5.32 Å². The number of nitrogens with zero attached hydrogens (tertiary/aromatic N) is 1. The second-order valence-electron chi connectivity index (χ2n) is 3.40. The summed E-state index contributed by atoms with van der Waals surface area (Å²) in [6.45, 7) is 3.20. The molecule has 0 aliphatic heterocycles. The average Bonchev–Trinajstić information content (AvgIpc) is 2.48. The van der Waals surface area contributed by atoms with Crippen molar-refractivity contribution in [2.45, 2.75) is 25.9 Å². The Kier molecular flexibility index (Phi) is 3.99. The third kappa shape index (κ3) is 3.20. The summed E-state index contributed by atoms with van der Waals surface area (Å²) in [6.07, 6.45) is 2.85. The first-order valence-corrected chi connectivity index (χ1v) is 4.68. The first-order chi connectivity index (χ1) is 6.24. The Morgan fingerprint density at radius 3 is 2.92 bits per heavy atom. The Morgan fingerprint density at radius 1 is 1.62 bits per heavy atom. The van der Waals surface area contributed by atoms with E-state index >= 15 is 0 Å². The summed E-state index contributed by atoms with van der Waals surface area (Å²) in [4.78, 5) is 0. The lowest BCUT2D eigenvalue weighted by atomic mass is 10.2. The van der Waals surface area contributed by atoms with Crippen LogP contribution in [0.5, 0.6) is 0 Å². The standard InChI is InChI=1S/C10H18N2O/c1-9(5-7-13)11-8-10-4-3-6-12(10)2/h3-4,6,9,11,13H,5,7-8H2,1-2H3/t9-/m1/s1. The molecule has 0 spiro atoms. The Morgan fingerprint density at radius 2 is 2.38 bits per heavy atom. The van der Waals surface area contributed by atoms with Gasteiger partial charge in [-0.1, -0.05) is 0 Å². The maximum absolute atomic E-state index is 8.70. The SMILES string of the molecule is C[C@H](CCO)NCc1cccn1C. The highest BCUT2D eigenvalue weighted by atomic mass is 16.3. The van der Waals surface area contributed by atoms with Gasteiger partial charge in [-0.25, -0.2) is 0 Å². The van der Waals surface area contributed by atoms with Crippen LogP contribution in [0.25, 0.3) is 0 Å². The zero-order valence-electron chi connectivity index (χ0n) is 8.33. The molecule has 0 amide bonds. The molecule has 0 unspecified atom stereocenters. The molecule has 2 N–H and O–H groups in total. The maximum atomic E-state index is 8.70. The molecule has 0 saturated heterocycles. The minimum absolute atomic E-state index is 0.251. The highest BCUT2D eigenvalue weighted by Crippen LogP contribution is 2.00. The van der Waals surface area contributed by atoms with Gasteiger partial charge in [-0.15, -0.1) is 0 Å². The van der Waals surface area contributed by atoms with Crippen molar-refractivity contribution in [1.29, 1.82) is 0 Å². The number of nitrogens with one attached hydrogen (secondary N) is 1. The van der Waals surface area contributed by atoms with Gasteiger partial charge in [-0.2, -0.15) is 0 Å². The van der Waals surface area contributed by atoms with Crippen LogP contribution in [0.15, 0.2) is 18.3 Å². The summed E-state index contributed by atoms with van der Waals surface area (Å²) in [6, 6.07) is 4.51. The number of hydrogen-bond acceptors (Lipinski definition) is 2. The van der Waals surface area contributed by atoms with Crippen molar-refractivity contribution in [1.82, 2.24) is 9.88 Å². The van der Waals surface area contributed by atoms with E-state index in [1.165, 1.54) is 5.69 Å². The molecule has 74 valence electrons. The smallest absolute Gasteiger partial charge is 0.0445 e. The lowest BCUT2D eigenvalue weighted by Gasteiger charge is -2.12. The molecule has 0 radical (unpaired) electrons. The quantitative estimate of drug-likeness (QED) is 0.709. The molecule has 1 aromatic heterocycles. The van der Waals surface area contributed by atoms with Gasteiger partial charge in [0.25, 0.3) is 0 Å². The molecule has 1 atom stereocenters. The predicted octanol–water partition coefficient (Wildman–Crippen LogP) is 0.886. The Balaban J connectivity index is 2.30. The fourth-order valence-electron chi connectivity index (χ4n) is 1.25. The van der Waals surface area contributed by atoms with Crippen LogP contribution in [0.1, 0.15) is 19.0 Å². The first-order valence-electron chi connectivity index (χ1n) is 4.68. The number of rotatable bonds is 5. The largest absolute Gasteiger partial charge is 0.396 e. The normalized spacial score (nSPS) is 13.2. The van der Waals surface area contributed by atoms with E-state index in [0.717, 1.165) is 13.0 Å². The number of aliphatic hydroxyl groups excluding tert-OH is 1. The summed E-state index contributed by atoms with van der Waals surface area (Å²) in [7, 11) is 2.04. The van der Waals surface area contributed by atoms with Crippen LogP contribution >= 0.6 is 0 Å². The molecule has 3 heteroatoms. The van der Waals surface area contributed by atoms with Gasteiger partial charge in [-0.05, 0) is 25.5 Å². The van der Waals surface area contributed by atoms with Crippen LogP contribution in [0.3, 0.4) is 0 Å². The third-order valence-electron chi connectivity index (χ3n) is 2.25. The highest BCUT2D eigenvalue weighted by Gasteiger charge is 2.01. The molecule has 13 heavy (non-hydrogen) atoms. The number of aryl methyl sites for hydroxylation is 1. The third-order valence-corrected chi connectivity index (χ3v) is 2.25. The molecule has 0 fully saturated rings. The van der Waals surface area contributed by atoms with Gasteiger partial charge < -0.3 is 15.0 Å². The molecule has 0 saturated carbocycles. The molecule has 0 aromatic carbocycles. The molecule has 1 heterocycles. The minimum atomic E-state index is 0.251. The van der Waals surface area contributed by atoms with E-state index in [1.807, 2.05) is 19.3 Å². The summed E-state index contributed by atoms with van der Waals surface area (Å²) in [5.74, 6) is 0. The monoisotopic (exact) mass is 182 g/mol. The predicted molar refractivity (Wildman–Crippen MR) is 53.4 cm³/mol. The summed E-state index contributed by atoms with van der Waals surface area (Å²) >= 11 is 0. The van der Waals surface area contributed by atoms with Gasteiger partial charge in [0.1, 0.15) is 0 Å². The number of aliphatic hydroxyl groups is 1. The average molecular weight is 182 g/mol.